The van der Waals surface area contributed by atoms with Crippen LogP contribution in [0.2, 0.25) is 0 Å². The molecule has 1 fully saturated rings. The van der Waals surface area contributed by atoms with Crippen LogP contribution in [-0.2, 0) is 9.09 Å². The van der Waals surface area contributed by atoms with Gasteiger partial charge < -0.3 is 14.7 Å². The smallest absolute Gasteiger partial charge is 0.381 e. The lowest BCUT2D eigenvalue weighted by Crippen LogP contribution is -2.38. The Morgan fingerprint density at radius 3 is 2.56 bits per heavy atom. The van der Waals surface area contributed by atoms with Crippen molar-refractivity contribution in [1.82, 2.24) is 0 Å². The predicted octanol–water partition coefficient (Wildman–Crippen LogP) is 1.01. The molecule has 0 bridgehead atoms. The molecular weight excluding hydrogens is 231 g/mol. The summed E-state index contributed by atoms with van der Waals surface area (Å²) in [5.41, 5.74) is 0. The molecule has 1 aliphatic rings. The van der Waals surface area contributed by atoms with E-state index in [0.717, 1.165) is 0 Å². The number of aliphatic hydroxyl groups is 2. The third-order valence-electron chi connectivity index (χ3n) is 2.28. The Labute approximate surface area is 93.2 Å². The molecule has 1 aliphatic heterocycles. The standard InChI is InChI=1S/C10H13O5P/c11-9-6-14-16(13,7-10(9)12)15-8-4-2-1-3-5-8/h1-5,9-12H,6-7H2/t9-,10+,16?/m1/s1. The summed E-state index contributed by atoms with van der Waals surface area (Å²) < 4.78 is 22.2. The average Bonchev–Trinajstić information content (AvgIpc) is 2.25. The van der Waals surface area contributed by atoms with E-state index < -0.39 is 19.8 Å². The summed E-state index contributed by atoms with van der Waals surface area (Å²) in [4.78, 5) is 0. The van der Waals surface area contributed by atoms with E-state index in [4.69, 9.17) is 9.05 Å². The molecule has 1 unspecified atom stereocenters. The van der Waals surface area contributed by atoms with Gasteiger partial charge >= 0.3 is 7.60 Å². The lowest BCUT2D eigenvalue weighted by Gasteiger charge is -2.29. The van der Waals surface area contributed by atoms with Crippen molar-refractivity contribution in [1.29, 1.82) is 0 Å². The van der Waals surface area contributed by atoms with Crippen molar-refractivity contribution in [3.63, 3.8) is 0 Å². The predicted molar refractivity (Wildman–Crippen MR) is 57.5 cm³/mol. The highest BCUT2D eigenvalue weighted by Gasteiger charge is 2.38. The molecule has 0 amide bonds. The summed E-state index contributed by atoms with van der Waals surface area (Å²) in [6, 6.07) is 8.61. The topological polar surface area (TPSA) is 76.0 Å². The third-order valence-corrected chi connectivity index (χ3v) is 4.14. The SMILES string of the molecule is O=P1(Oc2ccccc2)C[C@H](O)[C@H](O)CO1. The Balaban J connectivity index is 2.07. The molecule has 0 radical (unpaired) electrons. The molecule has 2 N–H and O–H groups in total. The number of aliphatic hydroxyl groups excluding tert-OH is 2. The Kier molecular flexibility index (Phi) is 3.30. The summed E-state index contributed by atoms with van der Waals surface area (Å²) >= 11 is 0. The summed E-state index contributed by atoms with van der Waals surface area (Å²) in [5, 5.41) is 18.6. The van der Waals surface area contributed by atoms with Gasteiger partial charge in [-0.2, -0.15) is 0 Å². The van der Waals surface area contributed by atoms with Crippen LogP contribution < -0.4 is 4.52 Å². The first-order valence-electron chi connectivity index (χ1n) is 4.93. The first-order valence-corrected chi connectivity index (χ1v) is 6.66. The van der Waals surface area contributed by atoms with Crippen molar-refractivity contribution < 1.29 is 23.8 Å². The van der Waals surface area contributed by atoms with E-state index in [2.05, 4.69) is 0 Å². The fourth-order valence-electron chi connectivity index (χ4n) is 1.41. The van der Waals surface area contributed by atoms with Crippen molar-refractivity contribution in [3.05, 3.63) is 30.3 Å². The van der Waals surface area contributed by atoms with E-state index in [1.807, 2.05) is 6.07 Å². The van der Waals surface area contributed by atoms with Crippen molar-refractivity contribution in [2.24, 2.45) is 0 Å². The molecule has 2 rings (SSSR count). The molecule has 3 atom stereocenters. The average molecular weight is 244 g/mol. The number of benzene rings is 1. The van der Waals surface area contributed by atoms with Crippen LogP contribution in [0.5, 0.6) is 5.75 Å². The van der Waals surface area contributed by atoms with Crippen LogP contribution in [0.1, 0.15) is 0 Å². The zero-order chi connectivity index (χ0) is 11.6. The molecule has 1 saturated heterocycles. The van der Waals surface area contributed by atoms with Crippen LogP contribution in [0, 0.1) is 0 Å². The van der Waals surface area contributed by atoms with E-state index in [0.29, 0.717) is 5.75 Å². The number of rotatable bonds is 2. The van der Waals surface area contributed by atoms with Crippen molar-refractivity contribution in [2.45, 2.75) is 12.2 Å². The molecule has 1 aromatic rings. The van der Waals surface area contributed by atoms with Crippen LogP contribution in [0.3, 0.4) is 0 Å². The fraction of sp³-hybridized carbons (Fsp3) is 0.400. The van der Waals surface area contributed by atoms with Crippen molar-refractivity contribution in [2.75, 3.05) is 12.8 Å². The summed E-state index contributed by atoms with van der Waals surface area (Å²) in [6.45, 7) is -0.175. The van der Waals surface area contributed by atoms with Gasteiger partial charge in [-0.25, -0.2) is 4.57 Å². The van der Waals surface area contributed by atoms with E-state index in [1.165, 1.54) is 0 Å². The maximum Gasteiger partial charge on any atom is 0.381 e. The number of hydrogen-bond donors (Lipinski definition) is 2. The molecule has 0 aromatic heterocycles. The first-order chi connectivity index (χ1) is 7.59. The third kappa shape index (κ3) is 2.62. The highest BCUT2D eigenvalue weighted by molar-refractivity contribution is 7.54. The quantitative estimate of drug-likeness (QED) is 0.759. The molecule has 5 nitrogen and oxygen atoms in total. The van der Waals surface area contributed by atoms with E-state index in [-0.39, 0.29) is 12.8 Å². The maximum absolute atomic E-state index is 12.0. The minimum absolute atomic E-state index is 0.175. The van der Waals surface area contributed by atoms with Gasteiger partial charge in [0.15, 0.2) is 0 Å². The second kappa shape index (κ2) is 4.55. The van der Waals surface area contributed by atoms with Gasteiger partial charge in [0, 0.05) is 0 Å². The second-order valence-corrected chi connectivity index (χ2v) is 5.66. The van der Waals surface area contributed by atoms with Gasteiger partial charge in [0.25, 0.3) is 0 Å². The molecule has 1 aromatic carbocycles. The van der Waals surface area contributed by atoms with Gasteiger partial charge in [0.1, 0.15) is 11.9 Å². The summed E-state index contributed by atoms with van der Waals surface area (Å²) in [5.74, 6) is 0.425. The second-order valence-electron chi connectivity index (χ2n) is 3.63. The largest absolute Gasteiger partial charge is 0.424 e. The molecule has 6 heteroatoms. The van der Waals surface area contributed by atoms with Crippen LogP contribution in [0.4, 0.5) is 0 Å². The lowest BCUT2D eigenvalue weighted by molar-refractivity contribution is -0.0164. The molecular formula is C10H13O5P. The monoisotopic (exact) mass is 244 g/mol. The van der Waals surface area contributed by atoms with Crippen LogP contribution in [0.25, 0.3) is 0 Å². The Morgan fingerprint density at radius 1 is 1.25 bits per heavy atom. The summed E-state index contributed by atoms with van der Waals surface area (Å²) in [7, 11) is -3.34. The van der Waals surface area contributed by atoms with Gasteiger partial charge in [0.05, 0.1) is 18.9 Å². The van der Waals surface area contributed by atoms with E-state index >= 15 is 0 Å². The zero-order valence-electron chi connectivity index (χ0n) is 8.52. The van der Waals surface area contributed by atoms with Crippen LogP contribution in [-0.4, -0.2) is 35.2 Å². The van der Waals surface area contributed by atoms with E-state index in [9.17, 15) is 14.8 Å². The Morgan fingerprint density at radius 2 is 1.94 bits per heavy atom. The number of hydrogen-bond acceptors (Lipinski definition) is 5. The van der Waals surface area contributed by atoms with Gasteiger partial charge in [-0.1, -0.05) is 18.2 Å². The molecule has 1 heterocycles. The molecule has 16 heavy (non-hydrogen) atoms. The lowest BCUT2D eigenvalue weighted by atomic mass is 10.2. The van der Waals surface area contributed by atoms with Gasteiger partial charge in [-0.3, -0.25) is 4.52 Å². The van der Waals surface area contributed by atoms with Gasteiger partial charge in [0.2, 0.25) is 0 Å². The minimum Gasteiger partial charge on any atom is -0.424 e. The first kappa shape index (κ1) is 11.6. The van der Waals surface area contributed by atoms with Crippen molar-refractivity contribution >= 4 is 7.60 Å². The van der Waals surface area contributed by atoms with Crippen LogP contribution in [0.15, 0.2) is 30.3 Å². The molecule has 88 valence electrons. The van der Waals surface area contributed by atoms with Gasteiger partial charge in [-0.05, 0) is 12.1 Å². The van der Waals surface area contributed by atoms with Gasteiger partial charge in [-0.15, -0.1) is 0 Å². The van der Waals surface area contributed by atoms with E-state index in [1.54, 1.807) is 24.3 Å². The molecule has 0 aliphatic carbocycles. The molecule has 0 spiro atoms. The maximum atomic E-state index is 12.0. The zero-order valence-corrected chi connectivity index (χ0v) is 9.42. The number of para-hydroxylation sites is 1. The van der Waals surface area contributed by atoms with Crippen LogP contribution >= 0.6 is 7.60 Å². The Bertz CT molecular complexity index is 393. The highest BCUT2D eigenvalue weighted by atomic mass is 31.2. The Hall–Kier alpha value is -0.870. The highest BCUT2D eigenvalue weighted by Crippen LogP contribution is 2.51. The normalized spacial score (nSPS) is 34.6. The van der Waals surface area contributed by atoms with Crippen molar-refractivity contribution in [3.8, 4) is 5.75 Å². The minimum atomic E-state index is -3.34. The fourth-order valence-corrected chi connectivity index (χ4v) is 3.17. The molecule has 0 saturated carbocycles. The summed E-state index contributed by atoms with van der Waals surface area (Å²) in [6.07, 6.45) is -2.26.